The van der Waals surface area contributed by atoms with Gasteiger partial charge in [0.05, 0.1) is 6.61 Å². The molecule has 2 heterocycles. The zero-order valence-corrected chi connectivity index (χ0v) is 12.4. The van der Waals surface area contributed by atoms with E-state index in [0.29, 0.717) is 28.8 Å². The lowest BCUT2D eigenvalue weighted by molar-refractivity contribution is 0.308. The maximum atomic E-state index is 5.33. The summed E-state index contributed by atoms with van der Waals surface area (Å²) in [5, 5.41) is 11.6. The summed E-state index contributed by atoms with van der Waals surface area (Å²) < 4.78 is 10.6. The van der Waals surface area contributed by atoms with Crippen molar-refractivity contribution in [3.05, 3.63) is 5.89 Å². The smallest absolute Gasteiger partial charge is 0.322 e. The predicted molar refractivity (Wildman–Crippen MR) is 72.9 cm³/mol. The van der Waals surface area contributed by atoms with Gasteiger partial charge >= 0.3 is 6.01 Å². The Morgan fingerprint density at radius 1 is 1.20 bits per heavy atom. The summed E-state index contributed by atoms with van der Waals surface area (Å²) in [5.41, 5.74) is 0. The van der Waals surface area contributed by atoms with Gasteiger partial charge in [0.1, 0.15) is 0 Å². The maximum Gasteiger partial charge on any atom is 0.322 e. The second-order valence-electron chi connectivity index (χ2n) is 3.77. The van der Waals surface area contributed by atoms with Crippen LogP contribution in [0.5, 0.6) is 6.01 Å². The van der Waals surface area contributed by atoms with Gasteiger partial charge in [-0.2, -0.15) is 15.0 Å². The maximum absolute atomic E-state index is 5.33. The number of hydrogen-bond acceptors (Lipinski definition) is 9. The molecule has 2 aromatic heterocycles. The quantitative estimate of drug-likeness (QED) is 0.821. The molecule has 20 heavy (non-hydrogen) atoms. The van der Waals surface area contributed by atoms with Crippen molar-refractivity contribution in [1.82, 2.24) is 25.1 Å². The number of nitrogens with one attached hydrogen (secondary N) is 1. The van der Waals surface area contributed by atoms with Gasteiger partial charge in [-0.25, -0.2) is 0 Å². The van der Waals surface area contributed by atoms with Crippen LogP contribution in [0.3, 0.4) is 0 Å². The highest BCUT2D eigenvalue weighted by molar-refractivity contribution is 7.98. The van der Waals surface area contributed by atoms with E-state index >= 15 is 0 Å². The lowest BCUT2D eigenvalue weighted by Gasteiger charge is -2.06. The topological polar surface area (TPSA) is 98.9 Å². The van der Waals surface area contributed by atoms with Crippen LogP contribution in [0.4, 0.5) is 5.95 Å². The largest absolute Gasteiger partial charge is 0.464 e. The average molecular weight is 296 g/mol. The van der Waals surface area contributed by atoms with Crippen LogP contribution in [0.25, 0.3) is 0 Å². The standard InChI is InChI=1S/C11H16N6O2S/c1-4-6-12-8-13-9(18-5-2)15-10(14-8)20-11-17-16-7(3)19-11/h4-6H2,1-3H3,(H,12,13,14,15). The summed E-state index contributed by atoms with van der Waals surface area (Å²) in [4.78, 5) is 12.6. The first-order chi connectivity index (χ1) is 9.71. The van der Waals surface area contributed by atoms with Crippen molar-refractivity contribution in [2.24, 2.45) is 0 Å². The van der Waals surface area contributed by atoms with E-state index in [1.807, 2.05) is 6.92 Å². The van der Waals surface area contributed by atoms with Gasteiger partial charge in [0.25, 0.3) is 5.22 Å². The number of nitrogens with zero attached hydrogens (tertiary/aromatic N) is 5. The van der Waals surface area contributed by atoms with Crippen LogP contribution in [0.2, 0.25) is 0 Å². The molecular weight excluding hydrogens is 280 g/mol. The molecule has 0 fully saturated rings. The van der Waals surface area contributed by atoms with Crippen molar-refractivity contribution < 1.29 is 9.15 Å². The Morgan fingerprint density at radius 3 is 2.70 bits per heavy atom. The molecule has 9 heteroatoms. The third kappa shape index (κ3) is 4.05. The van der Waals surface area contributed by atoms with Crippen LogP contribution in [0.1, 0.15) is 26.2 Å². The Morgan fingerprint density at radius 2 is 2.05 bits per heavy atom. The molecule has 0 atom stereocenters. The molecule has 2 rings (SSSR count). The molecule has 0 aliphatic rings. The van der Waals surface area contributed by atoms with E-state index in [4.69, 9.17) is 9.15 Å². The summed E-state index contributed by atoms with van der Waals surface area (Å²) in [6, 6.07) is 0.278. The minimum absolute atomic E-state index is 0.278. The van der Waals surface area contributed by atoms with Gasteiger partial charge in [-0.1, -0.05) is 6.92 Å². The van der Waals surface area contributed by atoms with Crippen molar-refractivity contribution >= 4 is 17.7 Å². The fraction of sp³-hybridized carbons (Fsp3) is 0.545. The molecule has 0 saturated carbocycles. The van der Waals surface area contributed by atoms with Gasteiger partial charge in [-0.05, 0) is 13.3 Å². The Hall–Kier alpha value is -1.90. The van der Waals surface area contributed by atoms with Crippen LogP contribution in [0, 0.1) is 6.92 Å². The third-order valence-electron chi connectivity index (χ3n) is 2.09. The fourth-order valence-corrected chi connectivity index (χ4v) is 1.95. The first-order valence-corrected chi connectivity index (χ1v) is 7.13. The molecule has 108 valence electrons. The summed E-state index contributed by atoms with van der Waals surface area (Å²) in [7, 11) is 0. The van der Waals surface area contributed by atoms with Gasteiger partial charge in [-0.3, -0.25) is 0 Å². The fourth-order valence-electron chi connectivity index (χ4n) is 1.29. The molecule has 0 bridgehead atoms. The zero-order chi connectivity index (χ0) is 14.4. The highest BCUT2D eigenvalue weighted by atomic mass is 32.2. The van der Waals surface area contributed by atoms with Crippen molar-refractivity contribution in [3.63, 3.8) is 0 Å². The Kier molecular flexibility index (Phi) is 5.10. The monoisotopic (exact) mass is 296 g/mol. The van der Waals surface area contributed by atoms with Crippen molar-refractivity contribution in [2.45, 2.75) is 37.6 Å². The Labute approximate surface area is 120 Å². The first kappa shape index (κ1) is 14.5. The highest BCUT2D eigenvalue weighted by Crippen LogP contribution is 2.25. The van der Waals surface area contributed by atoms with Gasteiger partial charge in [-0.15, -0.1) is 10.2 Å². The van der Waals surface area contributed by atoms with E-state index in [0.717, 1.165) is 13.0 Å². The Bertz CT molecular complexity index is 562. The van der Waals surface area contributed by atoms with Gasteiger partial charge < -0.3 is 14.5 Å². The normalized spacial score (nSPS) is 10.6. The lowest BCUT2D eigenvalue weighted by atomic mass is 10.5. The molecule has 0 aliphatic heterocycles. The second kappa shape index (κ2) is 7.04. The molecule has 1 N–H and O–H groups in total. The van der Waals surface area contributed by atoms with E-state index in [2.05, 4.69) is 37.4 Å². The molecule has 0 aromatic carbocycles. The zero-order valence-electron chi connectivity index (χ0n) is 11.6. The first-order valence-electron chi connectivity index (χ1n) is 6.32. The molecule has 0 unspecified atom stereocenters. The van der Waals surface area contributed by atoms with Gasteiger partial charge in [0.2, 0.25) is 17.0 Å². The van der Waals surface area contributed by atoms with Crippen LogP contribution in [0.15, 0.2) is 14.8 Å². The SMILES string of the molecule is CCCNc1nc(OCC)nc(Sc2nnc(C)o2)n1. The van der Waals surface area contributed by atoms with E-state index < -0.39 is 0 Å². The summed E-state index contributed by atoms with van der Waals surface area (Å²) in [5.74, 6) is 0.972. The molecule has 0 amide bonds. The molecule has 8 nitrogen and oxygen atoms in total. The minimum Gasteiger partial charge on any atom is -0.464 e. The van der Waals surface area contributed by atoms with E-state index in [1.54, 1.807) is 6.92 Å². The van der Waals surface area contributed by atoms with E-state index in [1.165, 1.54) is 11.8 Å². The molecule has 2 aromatic rings. The van der Waals surface area contributed by atoms with Crippen molar-refractivity contribution in [3.8, 4) is 6.01 Å². The molecule has 0 spiro atoms. The number of ether oxygens (including phenoxy) is 1. The van der Waals surface area contributed by atoms with Crippen LogP contribution < -0.4 is 10.1 Å². The highest BCUT2D eigenvalue weighted by Gasteiger charge is 2.12. The Balaban J connectivity index is 2.18. The predicted octanol–water partition coefficient (Wildman–Crippen LogP) is 1.93. The van der Waals surface area contributed by atoms with Crippen LogP contribution in [-0.2, 0) is 0 Å². The molecular formula is C11H16N6O2S. The molecule has 0 radical (unpaired) electrons. The summed E-state index contributed by atoms with van der Waals surface area (Å²) in [6.07, 6.45) is 0.973. The van der Waals surface area contributed by atoms with Gasteiger partial charge in [0, 0.05) is 25.2 Å². The van der Waals surface area contributed by atoms with Crippen LogP contribution in [-0.4, -0.2) is 38.3 Å². The van der Waals surface area contributed by atoms with E-state index in [9.17, 15) is 0 Å². The number of aromatic nitrogens is 5. The van der Waals surface area contributed by atoms with Crippen molar-refractivity contribution in [1.29, 1.82) is 0 Å². The minimum atomic E-state index is 0.278. The van der Waals surface area contributed by atoms with Crippen molar-refractivity contribution in [2.75, 3.05) is 18.5 Å². The van der Waals surface area contributed by atoms with Crippen LogP contribution >= 0.6 is 11.8 Å². The number of rotatable bonds is 7. The summed E-state index contributed by atoms with van der Waals surface area (Å²) >= 11 is 1.17. The molecule has 0 aliphatic carbocycles. The number of anilines is 1. The van der Waals surface area contributed by atoms with E-state index in [-0.39, 0.29) is 6.01 Å². The number of aryl methyl sites for hydroxylation is 1. The number of hydrogen-bond donors (Lipinski definition) is 1. The summed E-state index contributed by atoms with van der Waals surface area (Å²) in [6.45, 7) is 6.93. The lowest BCUT2D eigenvalue weighted by Crippen LogP contribution is -2.08. The molecule has 0 saturated heterocycles. The third-order valence-corrected chi connectivity index (χ3v) is 2.79. The van der Waals surface area contributed by atoms with Gasteiger partial charge in [0.15, 0.2) is 0 Å². The average Bonchev–Trinajstić information content (AvgIpc) is 2.82. The second-order valence-corrected chi connectivity index (χ2v) is 4.69.